The highest BCUT2D eigenvalue weighted by molar-refractivity contribution is 9.10. The summed E-state index contributed by atoms with van der Waals surface area (Å²) in [6.07, 6.45) is -7.32. The van der Waals surface area contributed by atoms with Gasteiger partial charge < -0.3 is 20.7 Å². The molecule has 0 saturated carbocycles. The number of amides is 2. The number of hydrogen-bond donors (Lipinski definition) is 4. The van der Waals surface area contributed by atoms with Crippen molar-refractivity contribution in [3.8, 4) is 11.1 Å². The number of pyridine rings is 2. The first-order valence-electron chi connectivity index (χ1n) is 18.2. The molecule has 0 unspecified atom stereocenters. The SMILES string of the molecule is O=C(NCC(F)(F)c1ncc(-c2ccc(Cl)cc2)cc1Cl)c1ccccc1C(F)(F)F.O=C(NCC(F)(F)c1ncc(Br)cc1Cl)c1ccccc1C(F)(F)F.OB(O)c1ccc(Cl)cc1. The number of aromatic nitrogens is 2. The van der Waals surface area contributed by atoms with Crippen molar-refractivity contribution in [3.05, 3.63) is 180 Å². The number of carbonyl (C=O) groups excluding carboxylic acids is 2. The highest BCUT2D eigenvalue weighted by Gasteiger charge is 2.40. The van der Waals surface area contributed by atoms with Crippen LogP contribution in [-0.2, 0) is 24.2 Å². The first kappa shape index (κ1) is 53.7. The quantitative estimate of drug-likeness (QED) is 0.0800. The van der Waals surface area contributed by atoms with Crippen molar-refractivity contribution in [1.29, 1.82) is 0 Å². The standard InChI is InChI=1S/C21H13Cl2F5N2O.C15H9BrClF5N2O.C6H6BClO2/c22-14-7-5-12(6-8-14)13-9-17(23)18(29-10-13)20(24,25)11-30-19(31)15-3-1-2-4-16(15)21(26,27)28;16-8-5-11(17)12(23-6-8)14(18,19)7-24-13(25)9-3-1-2-4-10(9)15(20,21)22;8-6-3-1-5(2-4-6)7(9)10/h1-10H,11H2,(H,30,31);1-6H,7H2,(H,24,25);1-4,9-10H. The van der Waals surface area contributed by atoms with E-state index in [1.54, 1.807) is 53.8 Å². The lowest BCUT2D eigenvalue weighted by Crippen LogP contribution is -2.36. The molecule has 0 aliphatic rings. The number of hydrogen-bond acceptors (Lipinski definition) is 6. The van der Waals surface area contributed by atoms with Crippen LogP contribution in [0, 0.1) is 0 Å². The fraction of sp³-hybridized carbons (Fsp3) is 0.143. The monoisotopic (exact) mass is 1070 g/mol. The highest BCUT2D eigenvalue weighted by Crippen LogP contribution is 2.37. The van der Waals surface area contributed by atoms with Gasteiger partial charge in [0.15, 0.2) is 0 Å². The van der Waals surface area contributed by atoms with Crippen LogP contribution in [-0.4, -0.2) is 52.0 Å². The van der Waals surface area contributed by atoms with E-state index in [9.17, 15) is 53.5 Å². The maximum absolute atomic E-state index is 14.6. The molecular formula is C42H28BBrCl4F10N4O4. The zero-order chi connectivity index (χ0) is 49.2. The Labute approximate surface area is 397 Å². The molecule has 0 radical (unpaired) electrons. The molecule has 0 atom stereocenters. The molecule has 4 N–H and O–H groups in total. The van der Waals surface area contributed by atoms with E-state index in [4.69, 9.17) is 56.5 Å². The van der Waals surface area contributed by atoms with Gasteiger partial charge in [-0.15, -0.1) is 0 Å². The van der Waals surface area contributed by atoms with Crippen LogP contribution in [0.2, 0.25) is 20.1 Å². The lowest BCUT2D eigenvalue weighted by molar-refractivity contribution is -0.138. The average Bonchev–Trinajstić information content (AvgIpc) is 3.25. The maximum Gasteiger partial charge on any atom is 0.488 e. The molecule has 348 valence electrons. The molecule has 0 bridgehead atoms. The van der Waals surface area contributed by atoms with Gasteiger partial charge in [0.1, 0.15) is 11.4 Å². The van der Waals surface area contributed by atoms with Crippen LogP contribution in [0.5, 0.6) is 0 Å². The Balaban J connectivity index is 0.000000242. The largest absolute Gasteiger partial charge is 0.488 e. The zero-order valence-corrected chi connectivity index (χ0v) is 37.4. The highest BCUT2D eigenvalue weighted by atomic mass is 79.9. The molecule has 24 heteroatoms. The Morgan fingerprint density at radius 1 is 0.561 bits per heavy atom. The van der Waals surface area contributed by atoms with Crippen molar-refractivity contribution in [1.82, 2.24) is 20.6 Å². The Hall–Kier alpha value is -4.96. The van der Waals surface area contributed by atoms with Crippen molar-refractivity contribution in [2.24, 2.45) is 0 Å². The summed E-state index contributed by atoms with van der Waals surface area (Å²) < 4.78 is 136. The lowest BCUT2D eigenvalue weighted by Gasteiger charge is -2.19. The van der Waals surface area contributed by atoms with Crippen LogP contribution in [0.25, 0.3) is 11.1 Å². The molecule has 6 rings (SSSR count). The minimum atomic E-state index is -4.81. The molecule has 66 heavy (non-hydrogen) atoms. The Morgan fingerprint density at radius 2 is 0.955 bits per heavy atom. The molecule has 0 fully saturated rings. The fourth-order valence-electron chi connectivity index (χ4n) is 5.42. The van der Waals surface area contributed by atoms with E-state index in [1.165, 1.54) is 30.5 Å². The average molecular weight is 1080 g/mol. The molecule has 0 spiro atoms. The van der Waals surface area contributed by atoms with Crippen LogP contribution in [0.3, 0.4) is 0 Å². The molecule has 0 aliphatic heterocycles. The van der Waals surface area contributed by atoms with Gasteiger partial charge in [0.25, 0.3) is 11.8 Å². The summed E-state index contributed by atoms with van der Waals surface area (Å²) >= 11 is 26.1. The van der Waals surface area contributed by atoms with Gasteiger partial charge in [-0.1, -0.05) is 94.9 Å². The summed E-state index contributed by atoms with van der Waals surface area (Å²) in [4.78, 5) is 31.3. The molecule has 2 heterocycles. The van der Waals surface area contributed by atoms with E-state index in [-0.39, 0.29) is 10.0 Å². The van der Waals surface area contributed by atoms with Crippen LogP contribution in [0.4, 0.5) is 43.9 Å². The minimum Gasteiger partial charge on any atom is -0.423 e. The number of nitrogens with zero attached hydrogens (tertiary/aromatic N) is 2. The predicted molar refractivity (Wildman–Crippen MR) is 233 cm³/mol. The molecule has 0 aliphatic carbocycles. The van der Waals surface area contributed by atoms with Crippen molar-refractivity contribution >= 4 is 86.7 Å². The third-order valence-corrected chi connectivity index (χ3v) is 10.1. The fourth-order valence-corrected chi connectivity index (χ4v) is 6.75. The van der Waals surface area contributed by atoms with Crippen LogP contribution < -0.4 is 16.1 Å². The first-order chi connectivity index (χ1) is 30.7. The lowest BCUT2D eigenvalue weighted by atomic mass is 9.81. The van der Waals surface area contributed by atoms with Crippen LogP contribution in [0.1, 0.15) is 43.2 Å². The second kappa shape index (κ2) is 22.7. The smallest absolute Gasteiger partial charge is 0.423 e. The van der Waals surface area contributed by atoms with Crippen molar-refractivity contribution in [2.75, 3.05) is 13.1 Å². The van der Waals surface area contributed by atoms with Crippen LogP contribution >= 0.6 is 62.3 Å². The van der Waals surface area contributed by atoms with Gasteiger partial charge in [0, 0.05) is 32.5 Å². The van der Waals surface area contributed by atoms with Crippen LogP contribution in [0.15, 0.2) is 126 Å². The van der Waals surface area contributed by atoms with Crippen molar-refractivity contribution < 1.29 is 63.5 Å². The summed E-state index contributed by atoms with van der Waals surface area (Å²) in [5, 5.41) is 21.3. The molecule has 2 aromatic heterocycles. The second-order valence-corrected chi connectivity index (χ2v) is 15.9. The third-order valence-electron chi connectivity index (χ3n) is 8.58. The van der Waals surface area contributed by atoms with Crippen molar-refractivity contribution in [3.63, 3.8) is 0 Å². The number of halogens is 15. The van der Waals surface area contributed by atoms with Crippen molar-refractivity contribution in [2.45, 2.75) is 24.2 Å². The Morgan fingerprint density at radius 3 is 1.35 bits per heavy atom. The predicted octanol–water partition coefficient (Wildman–Crippen LogP) is 11.7. The third kappa shape index (κ3) is 15.0. The Bertz CT molecular complexity index is 2630. The summed E-state index contributed by atoms with van der Waals surface area (Å²) in [5.74, 6) is -9.96. The topological polar surface area (TPSA) is 124 Å². The summed E-state index contributed by atoms with van der Waals surface area (Å²) in [5.41, 5.74) is -3.99. The number of nitrogens with one attached hydrogen (secondary N) is 2. The number of alkyl halides is 10. The van der Waals surface area contributed by atoms with Gasteiger partial charge >= 0.3 is 31.3 Å². The van der Waals surface area contributed by atoms with E-state index >= 15 is 0 Å². The first-order valence-corrected chi connectivity index (χ1v) is 20.5. The molecular weight excluding hydrogens is 1050 g/mol. The molecule has 4 aromatic carbocycles. The Kier molecular flexibility index (Phi) is 18.4. The van der Waals surface area contributed by atoms with Gasteiger partial charge in [0.05, 0.1) is 45.4 Å². The van der Waals surface area contributed by atoms with Gasteiger partial charge in [-0.3, -0.25) is 19.6 Å². The summed E-state index contributed by atoms with van der Waals surface area (Å²) in [6, 6.07) is 23.2. The number of carbonyl (C=O) groups is 2. The van der Waals surface area contributed by atoms with Gasteiger partial charge in [-0.2, -0.15) is 43.9 Å². The minimum absolute atomic E-state index is 0.343. The summed E-state index contributed by atoms with van der Waals surface area (Å²) in [6.45, 7) is -2.54. The second-order valence-electron chi connectivity index (χ2n) is 13.3. The molecule has 0 saturated heterocycles. The van der Waals surface area contributed by atoms with E-state index in [1.807, 2.05) is 5.32 Å². The molecule has 8 nitrogen and oxygen atoms in total. The van der Waals surface area contributed by atoms with E-state index in [0.29, 0.717) is 43.2 Å². The van der Waals surface area contributed by atoms with E-state index < -0.39 is 89.9 Å². The zero-order valence-electron chi connectivity index (χ0n) is 32.8. The number of benzene rings is 4. The van der Waals surface area contributed by atoms with E-state index in [0.717, 1.165) is 30.5 Å². The van der Waals surface area contributed by atoms with E-state index in [2.05, 4.69) is 25.9 Å². The number of rotatable bonds is 10. The molecule has 2 amide bonds. The van der Waals surface area contributed by atoms with Gasteiger partial charge in [-0.25, -0.2) is 0 Å². The van der Waals surface area contributed by atoms with Gasteiger partial charge in [0.2, 0.25) is 0 Å². The normalized spacial score (nSPS) is 11.7. The van der Waals surface area contributed by atoms with Gasteiger partial charge in [-0.05, 0) is 87.6 Å². The maximum atomic E-state index is 14.6. The molecule has 6 aromatic rings. The summed E-state index contributed by atoms with van der Waals surface area (Å²) in [7, 11) is -1.41.